The van der Waals surface area contributed by atoms with E-state index in [-0.39, 0.29) is 0 Å². The minimum atomic E-state index is 0.826. The van der Waals surface area contributed by atoms with Crippen molar-refractivity contribution in [2.75, 3.05) is 13.6 Å². The van der Waals surface area contributed by atoms with E-state index in [0.29, 0.717) is 0 Å². The van der Waals surface area contributed by atoms with Crippen molar-refractivity contribution in [2.24, 2.45) is 0 Å². The van der Waals surface area contributed by atoms with Crippen LogP contribution in [0.4, 0.5) is 5.69 Å². The molecule has 0 saturated carbocycles. The van der Waals surface area contributed by atoms with E-state index in [2.05, 4.69) is 75.4 Å². The van der Waals surface area contributed by atoms with Gasteiger partial charge in [-0.2, -0.15) is 0 Å². The fraction of sp³-hybridized carbons (Fsp3) is 0.250. The van der Waals surface area contributed by atoms with Gasteiger partial charge in [0.15, 0.2) is 0 Å². The Labute approximate surface area is 133 Å². The van der Waals surface area contributed by atoms with Crippen molar-refractivity contribution >= 4 is 11.3 Å². The van der Waals surface area contributed by atoms with E-state index < -0.39 is 0 Å². The van der Waals surface area contributed by atoms with E-state index in [1.54, 1.807) is 0 Å². The molecule has 0 bridgehead atoms. The minimum Gasteiger partial charge on any atom is -0.265 e. The third kappa shape index (κ3) is 2.62. The summed E-state index contributed by atoms with van der Waals surface area (Å²) in [5.74, 6) is 0. The zero-order valence-electron chi connectivity index (χ0n) is 13.8. The highest BCUT2D eigenvalue weighted by molar-refractivity contribution is 5.76. The molecule has 0 amide bonds. The Bertz CT molecular complexity index is 734. The molecule has 2 heterocycles. The minimum absolute atomic E-state index is 0.826. The summed E-state index contributed by atoms with van der Waals surface area (Å²) in [5, 5.41) is 0. The van der Waals surface area contributed by atoms with E-state index in [1.165, 1.54) is 33.5 Å². The average molecular weight is 291 g/mol. The predicted octanol–water partition coefficient (Wildman–Crippen LogP) is 4.55. The summed E-state index contributed by atoms with van der Waals surface area (Å²) in [6, 6.07) is 8.69. The lowest BCUT2D eigenvalue weighted by molar-refractivity contribution is 0.483. The number of aryl methyl sites for hydroxylation is 3. The molecule has 0 saturated heterocycles. The second-order valence-corrected chi connectivity index (χ2v) is 6.41. The first-order chi connectivity index (χ1) is 10.5. The number of benzene rings is 1. The van der Waals surface area contributed by atoms with Crippen molar-refractivity contribution in [3.8, 4) is 0 Å². The number of aromatic nitrogens is 1. The fourth-order valence-corrected chi connectivity index (χ4v) is 3.56. The first-order valence-corrected chi connectivity index (χ1v) is 7.73. The third-order valence-corrected chi connectivity index (χ3v) is 4.43. The number of hydrogen-bond donors (Lipinski definition) is 0. The number of hydrogen-bond acceptors (Lipinski definition) is 1. The van der Waals surface area contributed by atoms with Gasteiger partial charge in [0.05, 0.1) is 7.05 Å². The Hall–Kier alpha value is -2.19. The Morgan fingerprint density at radius 3 is 2.18 bits per heavy atom. The molecule has 0 N–H and O–H groups in total. The molecule has 0 aliphatic carbocycles. The molecule has 1 aliphatic heterocycles. The molecule has 1 aromatic heterocycles. The maximum Gasteiger partial charge on any atom is 0.143 e. The lowest BCUT2D eigenvalue weighted by atomic mass is 9.99. The van der Waals surface area contributed by atoms with E-state index in [9.17, 15) is 0 Å². The van der Waals surface area contributed by atoms with E-state index in [4.69, 9.17) is 0 Å². The van der Waals surface area contributed by atoms with Crippen LogP contribution in [-0.4, -0.2) is 18.6 Å². The first-order valence-electron chi connectivity index (χ1n) is 7.73. The summed E-state index contributed by atoms with van der Waals surface area (Å²) >= 11 is 0. The van der Waals surface area contributed by atoms with Crippen molar-refractivity contribution < 1.29 is 0 Å². The van der Waals surface area contributed by atoms with Crippen LogP contribution in [0, 0.1) is 20.8 Å². The van der Waals surface area contributed by atoms with Gasteiger partial charge in [0.1, 0.15) is 18.4 Å². The number of pyridine rings is 1. The summed E-state index contributed by atoms with van der Waals surface area (Å²) in [4.78, 5) is 4.09. The monoisotopic (exact) mass is 291 g/mol. The molecule has 1 aromatic carbocycles. The van der Waals surface area contributed by atoms with Crippen molar-refractivity contribution in [1.29, 1.82) is 0 Å². The summed E-state index contributed by atoms with van der Waals surface area (Å²) < 4.78 is 0.826. The van der Waals surface area contributed by atoms with Crippen LogP contribution >= 0.6 is 0 Å². The summed E-state index contributed by atoms with van der Waals surface area (Å²) in [5.41, 5.74) is 7.98. The Morgan fingerprint density at radius 1 is 1.00 bits per heavy atom. The van der Waals surface area contributed by atoms with E-state index >= 15 is 0 Å². The van der Waals surface area contributed by atoms with Gasteiger partial charge in [-0.05, 0) is 56.2 Å². The van der Waals surface area contributed by atoms with Crippen LogP contribution in [0.1, 0.15) is 22.3 Å². The van der Waals surface area contributed by atoms with Gasteiger partial charge >= 0.3 is 0 Å². The lowest BCUT2D eigenvalue weighted by Gasteiger charge is -2.34. The molecular formula is C20H23N2+. The van der Waals surface area contributed by atoms with Gasteiger partial charge in [-0.25, -0.2) is 0 Å². The molecule has 2 nitrogen and oxygen atoms in total. The van der Waals surface area contributed by atoms with Crippen molar-refractivity contribution in [1.82, 2.24) is 9.47 Å². The quantitative estimate of drug-likeness (QED) is 0.739. The normalized spacial score (nSPS) is 20.8. The van der Waals surface area contributed by atoms with Crippen LogP contribution in [0.25, 0.3) is 5.57 Å². The molecule has 0 fully saturated rings. The predicted molar refractivity (Wildman–Crippen MR) is 94.6 cm³/mol. The van der Waals surface area contributed by atoms with Crippen molar-refractivity contribution in [2.45, 2.75) is 20.8 Å². The molecule has 22 heavy (non-hydrogen) atoms. The summed E-state index contributed by atoms with van der Waals surface area (Å²) in [6.07, 6.45) is 10.6. The molecule has 1 atom stereocenters. The van der Waals surface area contributed by atoms with Crippen LogP contribution in [0.15, 0.2) is 55.0 Å². The van der Waals surface area contributed by atoms with Crippen LogP contribution in [0.3, 0.4) is 0 Å². The van der Waals surface area contributed by atoms with Gasteiger partial charge in [0, 0.05) is 23.5 Å². The van der Waals surface area contributed by atoms with Crippen LogP contribution in [-0.2, 0) is 0 Å². The molecule has 0 radical (unpaired) electrons. The Kier molecular flexibility index (Phi) is 3.71. The molecular weight excluding hydrogens is 268 g/mol. The Balaban J connectivity index is 1.96. The molecule has 1 unspecified atom stereocenters. The summed E-state index contributed by atoms with van der Waals surface area (Å²) in [7, 11) is 2.28. The maximum atomic E-state index is 4.09. The van der Waals surface area contributed by atoms with E-state index in [1.807, 2.05) is 12.4 Å². The van der Waals surface area contributed by atoms with Gasteiger partial charge in [-0.1, -0.05) is 17.7 Å². The molecule has 112 valence electrons. The number of allylic oxidation sites excluding steroid dienone is 2. The van der Waals surface area contributed by atoms with Gasteiger partial charge < -0.3 is 0 Å². The SMILES string of the molecule is Cc1cc(C)c([N+]2(C)C=CC(c3ccncc3)=CC2)c(C)c1. The van der Waals surface area contributed by atoms with Crippen molar-refractivity contribution in [3.05, 3.63) is 77.3 Å². The lowest BCUT2D eigenvalue weighted by Crippen LogP contribution is -2.41. The highest BCUT2D eigenvalue weighted by atomic mass is 15.3. The first kappa shape index (κ1) is 14.7. The molecule has 2 heteroatoms. The van der Waals surface area contributed by atoms with E-state index in [0.717, 1.165) is 11.0 Å². The molecule has 1 aliphatic rings. The number of nitrogens with zero attached hydrogens (tertiary/aromatic N) is 2. The highest BCUT2D eigenvalue weighted by Crippen LogP contribution is 2.34. The largest absolute Gasteiger partial charge is 0.265 e. The van der Waals surface area contributed by atoms with Crippen molar-refractivity contribution in [3.63, 3.8) is 0 Å². The van der Waals surface area contributed by atoms with Crippen LogP contribution in [0.5, 0.6) is 0 Å². The number of rotatable bonds is 2. The Morgan fingerprint density at radius 2 is 1.64 bits per heavy atom. The van der Waals surface area contributed by atoms with Gasteiger partial charge in [-0.15, -0.1) is 0 Å². The standard InChI is InChI=1S/C20H23N2/c1-15-13-16(2)20(17(3)14-15)22(4)11-7-19(8-12-22)18-5-9-21-10-6-18/h5-11,13-14H,12H2,1-4H3/q+1. The topological polar surface area (TPSA) is 12.9 Å². The van der Waals surface area contributed by atoms with Gasteiger partial charge in [0.25, 0.3) is 0 Å². The second-order valence-electron chi connectivity index (χ2n) is 6.41. The maximum absolute atomic E-state index is 4.09. The molecule has 2 aromatic rings. The average Bonchev–Trinajstić information content (AvgIpc) is 2.47. The van der Waals surface area contributed by atoms with Gasteiger partial charge in [-0.3, -0.25) is 9.47 Å². The second kappa shape index (κ2) is 5.54. The zero-order valence-corrected chi connectivity index (χ0v) is 13.8. The molecule has 0 spiro atoms. The van der Waals surface area contributed by atoms with Crippen LogP contribution in [0.2, 0.25) is 0 Å². The van der Waals surface area contributed by atoms with Crippen LogP contribution < -0.4 is 4.48 Å². The fourth-order valence-electron chi connectivity index (χ4n) is 3.56. The number of likely N-dealkylation sites (N-methyl/N-ethyl adjacent to an activating group) is 1. The smallest absolute Gasteiger partial charge is 0.143 e. The zero-order chi connectivity index (χ0) is 15.7. The molecule has 3 rings (SSSR count). The highest BCUT2D eigenvalue weighted by Gasteiger charge is 2.28. The number of quaternary nitrogens is 1. The third-order valence-electron chi connectivity index (χ3n) is 4.43. The summed E-state index contributed by atoms with van der Waals surface area (Å²) in [6.45, 7) is 7.57. The van der Waals surface area contributed by atoms with Gasteiger partial charge in [0.2, 0.25) is 0 Å².